The predicted molar refractivity (Wildman–Crippen MR) is 71.9 cm³/mol. The van der Waals surface area contributed by atoms with E-state index in [1.807, 2.05) is 0 Å². The van der Waals surface area contributed by atoms with Crippen LogP contribution >= 0.6 is 0 Å². The number of nitrogens with one attached hydrogen (secondary N) is 2. The van der Waals surface area contributed by atoms with Gasteiger partial charge in [-0.25, -0.2) is 0 Å². The topological polar surface area (TPSA) is 24.1 Å². The van der Waals surface area contributed by atoms with Gasteiger partial charge in [-0.3, -0.25) is 0 Å². The highest BCUT2D eigenvalue weighted by atomic mass is 14.9. The van der Waals surface area contributed by atoms with Crippen molar-refractivity contribution in [2.75, 3.05) is 19.6 Å². The predicted octanol–water partition coefficient (Wildman–Crippen LogP) is 2.49. The SMILES string of the molecule is C1=C(c2ccccc2C2CCCN2)CCNC1. The minimum Gasteiger partial charge on any atom is -0.313 e. The molecule has 0 aliphatic carbocycles. The summed E-state index contributed by atoms with van der Waals surface area (Å²) in [5.41, 5.74) is 4.49. The standard InChI is InChI=1S/C15H20N2/c1-2-5-14(15-6-3-9-17-15)13(4-1)12-7-10-16-11-8-12/h1-2,4-5,7,15-17H,3,6,8-11H2. The van der Waals surface area contributed by atoms with Crippen LogP contribution in [0.15, 0.2) is 30.3 Å². The molecular weight excluding hydrogens is 208 g/mol. The highest BCUT2D eigenvalue weighted by molar-refractivity contribution is 5.69. The summed E-state index contributed by atoms with van der Waals surface area (Å²) >= 11 is 0. The van der Waals surface area contributed by atoms with Crippen LogP contribution in [0, 0.1) is 0 Å². The summed E-state index contributed by atoms with van der Waals surface area (Å²) < 4.78 is 0. The molecule has 2 aliphatic heterocycles. The lowest BCUT2D eigenvalue weighted by Crippen LogP contribution is -2.21. The Morgan fingerprint density at radius 2 is 2.06 bits per heavy atom. The highest BCUT2D eigenvalue weighted by Gasteiger charge is 2.20. The number of hydrogen-bond acceptors (Lipinski definition) is 2. The van der Waals surface area contributed by atoms with E-state index in [1.54, 1.807) is 0 Å². The third-order valence-electron chi connectivity index (χ3n) is 3.81. The second-order valence-corrected chi connectivity index (χ2v) is 4.92. The first-order chi connectivity index (χ1) is 8.45. The van der Waals surface area contributed by atoms with E-state index in [0.717, 1.165) is 19.5 Å². The Bertz CT molecular complexity index is 417. The van der Waals surface area contributed by atoms with Gasteiger partial charge in [0.2, 0.25) is 0 Å². The van der Waals surface area contributed by atoms with Crippen molar-refractivity contribution in [3.05, 3.63) is 41.5 Å². The van der Waals surface area contributed by atoms with E-state index in [9.17, 15) is 0 Å². The van der Waals surface area contributed by atoms with Gasteiger partial charge in [0.05, 0.1) is 0 Å². The van der Waals surface area contributed by atoms with Crippen LogP contribution < -0.4 is 10.6 Å². The molecule has 2 nitrogen and oxygen atoms in total. The first-order valence-corrected chi connectivity index (χ1v) is 6.67. The molecule has 2 heteroatoms. The molecule has 1 unspecified atom stereocenters. The molecule has 1 aromatic rings. The molecule has 3 rings (SSSR count). The maximum absolute atomic E-state index is 3.61. The lowest BCUT2D eigenvalue weighted by molar-refractivity contribution is 0.644. The summed E-state index contributed by atoms with van der Waals surface area (Å²) in [4.78, 5) is 0. The fourth-order valence-electron chi connectivity index (χ4n) is 2.91. The van der Waals surface area contributed by atoms with Crippen molar-refractivity contribution in [3.63, 3.8) is 0 Å². The van der Waals surface area contributed by atoms with Gasteiger partial charge in [0.15, 0.2) is 0 Å². The fraction of sp³-hybridized carbons (Fsp3) is 0.467. The number of benzene rings is 1. The quantitative estimate of drug-likeness (QED) is 0.812. The molecule has 90 valence electrons. The highest BCUT2D eigenvalue weighted by Crippen LogP contribution is 2.31. The van der Waals surface area contributed by atoms with E-state index >= 15 is 0 Å². The molecule has 1 aromatic carbocycles. The molecule has 0 aromatic heterocycles. The third kappa shape index (κ3) is 2.28. The van der Waals surface area contributed by atoms with Crippen LogP contribution in [0.1, 0.15) is 36.4 Å². The average Bonchev–Trinajstić information content (AvgIpc) is 2.94. The molecule has 2 aliphatic rings. The normalized spacial score (nSPS) is 24.7. The smallest absolute Gasteiger partial charge is 0.0326 e. The first-order valence-electron chi connectivity index (χ1n) is 6.67. The average molecular weight is 228 g/mol. The molecule has 0 saturated carbocycles. The van der Waals surface area contributed by atoms with E-state index in [4.69, 9.17) is 0 Å². The Labute approximate surface area is 103 Å². The van der Waals surface area contributed by atoms with Crippen molar-refractivity contribution in [3.8, 4) is 0 Å². The summed E-state index contributed by atoms with van der Waals surface area (Å²) in [6.45, 7) is 3.29. The molecular formula is C15H20N2. The van der Waals surface area contributed by atoms with E-state index in [0.29, 0.717) is 6.04 Å². The zero-order chi connectivity index (χ0) is 11.5. The van der Waals surface area contributed by atoms with E-state index in [-0.39, 0.29) is 0 Å². The molecule has 1 saturated heterocycles. The van der Waals surface area contributed by atoms with Gasteiger partial charge in [0.1, 0.15) is 0 Å². The third-order valence-corrected chi connectivity index (χ3v) is 3.81. The Balaban J connectivity index is 1.94. The first kappa shape index (κ1) is 11.0. The molecule has 0 bridgehead atoms. The Hall–Kier alpha value is -1.12. The zero-order valence-corrected chi connectivity index (χ0v) is 10.2. The van der Waals surface area contributed by atoms with Crippen molar-refractivity contribution in [2.45, 2.75) is 25.3 Å². The molecule has 2 heterocycles. The van der Waals surface area contributed by atoms with Crippen molar-refractivity contribution in [1.29, 1.82) is 0 Å². The summed E-state index contributed by atoms with van der Waals surface area (Å²) in [7, 11) is 0. The lowest BCUT2D eigenvalue weighted by atomic mass is 9.91. The summed E-state index contributed by atoms with van der Waals surface area (Å²) in [5, 5.41) is 6.99. The van der Waals surface area contributed by atoms with Gasteiger partial charge in [0.25, 0.3) is 0 Å². The number of hydrogen-bond donors (Lipinski definition) is 2. The van der Waals surface area contributed by atoms with E-state index in [2.05, 4.69) is 41.0 Å². The van der Waals surface area contributed by atoms with Crippen LogP contribution in [-0.2, 0) is 0 Å². The molecule has 0 spiro atoms. The van der Waals surface area contributed by atoms with Crippen molar-refractivity contribution < 1.29 is 0 Å². The fourth-order valence-corrected chi connectivity index (χ4v) is 2.91. The molecule has 0 radical (unpaired) electrons. The maximum Gasteiger partial charge on any atom is 0.0326 e. The molecule has 2 N–H and O–H groups in total. The summed E-state index contributed by atoms with van der Waals surface area (Å²) in [6.07, 6.45) is 6.09. The van der Waals surface area contributed by atoms with Gasteiger partial charge < -0.3 is 10.6 Å². The molecule has 17 heavy (non-hydrogen) atoms. The minimum atomic E-state index is 0.571. The molecule has 0 amide bonds. The van der Waals surface area contributed by atoms with Gasteiger partial charge in [0, 0.05) is 12.6 Å². The Morgan fingerprint density at radius 3 is 2.82 bits per heavy atom. The largest absolute Gasteiger partial charge is 0.313 e. The second kappa shape index (κ2) is 5.03. The van der Waals surface area contributed by atoms with Gasteiger partial charge in [-0.15, -0.1) is 0 Å². The van der Waals surface area contributed by atoms with Crippen molar-refractivity contribution in [1.82, 2.24) is 10.6 Å². The van der Waals surface area contributed by atoms with Crippen LogP contribution in [0.25, 0.3) is 5.57 Å². The van der Waals surface area contributed by atoms with Gasteiger partial charge >= 0.3 is 0 Å². The molecule has 1 fully saturated rings. The van der Waals surface area contributed by atoms with Gasteiger partial charge in [-0.05, 0) is 49.1 Å². The maximum atomic E-state index is 3.61. The summed E-state index contributed by atoms with van der Waals surface area (Å²) in [5.74, 6) is 0. The molecule has 1 atom stereocenters. The zero-order valence-electron chi connectivity index (χ0n) is 10.2. The van der Waals surface area contributed by atoms with Gasteiger partial charge in [-0.1, -0.05) is 30.3 Å². The van der Waals surface area contributed by atoms with Crippen LogP contribution in [0.5, 0.6) is 0 Å². The Morgan fingerprint density at radius 1 is 1.12 bits per heavy atom. The minimum absolute atomic E-state index is 0.571. The number of rotatable bonds is 2. The van der Waals surface area contributed by atoms with Crippen LogP contribution in [0.4, 0.5) is 0 Å². The van der Waals surface area contributed by atoms with E-state index < -0.39 is 0 Å². The second-order valence-electron chi connectivity index (χ2n) is 4.92. The van der Waals surface area contributed by atoms with Crippen molar-refractivity contribution >= 4 is 5.57 Å². The summed E-state index contributed by atoms with van der Waals surface area (Å²) in [6, 6.07) is 9.48. The lowest BCUT2D eigenvalue weighted by Gasteiger charge is -2.20. The van der Waals surface area contributed by atoms with Crippen LogP contribution in [0.2, 0.25) is 0 Å². The van der Waals surface area contributed by atoms with Crippen LogP contribution in [0.3, 0.4) is 0 Å². The van der Waals surface area contributed by atoms with Crippen LogP contribution in [-0.4, -0.2) is 19.6 Å². The van der Waals surface area contributed by atoms with E-state index in [1.165, 1.54) is 36.1 Å². The monoisotopic (exact) mass is 228 g/mol. The van der Waals surface area contributed by atoms with Gasteiger partial charge in [-0.2, -0.15) is 0 Å². The van der Waals surface area contributed by atoms with Crippen molar-refractivity contribution in [2.24, 2.45) is 0 Å². The Kier molecular flexibility index (Phi) is 3.25.